The van der Waals surface area contributed by atoms with Crippen molar-refractivity contribution in [3.63, 3.8) is 0 Å². The summed E-state index contributed by atoms with van der Waals surface area (Å²) in [6.07, 6.45) is -5.31. The van der Waals surface area contributed by atoms with Crippen LogP contribution < -0.4 is 30.4 Å². The topological polar surface area (TPSA) is 225 Å². The fourth-order valence-electron chi connectivity index (χ4n) is 7.60. The van der Waals surface area contributed by atoms with Crippen LogP contribution in [0.25, 0.3) is 11.1 Å². The lowest BCUT2D eigenvalue weighted by Gasteiger charge is -2.41. The summed E-state index contributed by atoms with van der Waals surface area (Å²) < 4.78 is 52.3. The minimum absolute atomic E-state index is 0.157. The van der Waals surface area contributed by atoms with Crippen LogP contribution >= 0.6 is 23.7 Å². The number of ether oxygens (including phenoxy) is 9. The molecule has 69 heavy (non-hydrogen) atoms. The number of aliphatic imine (C=N–C) groups is 1. The third-order valence-electron chi connectivity index (χ3n) is 10.5. The number of nitrogens with zero attached hydrogens (tertiary/aromatic N) is 2. The maximum Gasteiger partial charge on any atom is 0.440 e. The Morgan fingerprint density at radius 1 is 0.768 bits per heavy atom. The predicted octanol–water partition coefficient (Wildman–Crippen LogP) is 6.67. The van der Waals surface area contributed by atoms with Crippen molar-refractivity contribution >= 4 is 59.0 Å². The van der Waals surface area contributed by atoms with Crippen LogP contribution in [0.15, 0.2) is 99.6 Å². The van der Waals surface area contributed by atoms with Crippen molar-refractivity contribution in [2.45, 2.75) is 82.3 Å². The van der Waals surface area contributed by atoms with E-state index in [0.717, 1.165) is 30.7 Å². The second-order valence-corrected chi connectivity index (χ2v) is 17.0. The second-order valence-electron chi connectivity index (χ2n) is 15.2. The van der Waals surface area contributed by atoms with Gasteiger partial charge in [0.25, 0.3) is 0 Å². The minimum atomic E-state index is -1.50. The van der Waals surface area contributed by atoms with Crippen LogP contribution in [0.4, 0.5) is 9.59 Å². The highest BCUT2D eigenvalue weighted by atomic mass is 32.2. The van der Waals surface area contributed by atoms with Gasteiger partial charge in [-0.2, -0.15) is 0 Å². The van der Waals surface area contributed by atoms with Crippen molar-refractivity contribution in [1.82, 2.24) is 15.2 Å². The number of methoxy groups -OCH3 is 3. The van der Waals surface area contributed by atoms with Crippen molar-refractivity contribution in [1.29, 1.82) is 0 Å². The van der Waals surface area contributed by atoms with Crippen LogP contribution in [0, 0.1) is 0 Å². The van der Waals surface area contributed by atoms with E-state index >= 15 is 0 Å². The Hall–Kier alpha value is -6.97. The summed E-state index contributed by atoms with van der Waals surface area (Å²) in [7, 11) is 4.48. The second kappa shape index (κ2) is 24.4. The van der Waals surface area contributed by atoms with Gasteiger partial charge in [0, 0.05) is 26.3 Å². The number of fused-ring (bicyclic) bond motifs is 3. The zero-order valence-corrected chi connectivity index (χ0v) is 40.5. The highest BCUT2D eigenvalue weighted by molar-refractivity contribution is 8.12. The lowest BCUT2D eigenvalue weighted by molar-refractivity contribution is -0.227. The predicted molar refractivity (Wildman–Crippen MR) is 253 cm³/mol. The first-order valence-electron chi connectivity index (χ1n) is 21.4. The number of hydrazine groups is 1. The Balaban J connectivity index is 1.51. The molecule has 0 radical (unpaired) electrons. The van der Waals surface area contributed by atoms with E-state index in [-0.39, 0.29) is 36.8 Å². The summed E-state index contributed by atoms with van der Waals surface area (Å²) in [5.41, 5.74) is 5.82. The van der Waals surface area contributed by atoms with Gasteiger partial charge in [-0.1, -0.05) is 66.7 Å². The average molecular weight is 989 g/mol. The quantitative estimate of drug-likeness (QED) is 0.0271. The summed E-state index contributed by atoms with van der Waals surface area (Å²) >= 11 is 1.79. The SMILES string of the molecule is COc1cc2c(c(OC)c1OC)-c1ccc(SC)c(=O)cc1[C@H](N=C(N[C@@H]1OC[C@H](OC(C)=O)[C@H](OC(C)=O)[C@H]1OC(C)=O)SN(NC(=O)OCc1ccccc1)C(=O)OCc1ccccc1)CC2. The number of hydrogen-bond acceptors (Lipinski definition) is 18. The molecular weight excluding hydrogens is 937 g/mol. The van der Waals surface area contributed by atoms with Crippen LogP contribution in [0.5, 0.6) is 17.2 Å². The fraction of sp³-hybridized carbons (Fsp3) is 0.354. The molecule has 0 unspecified atom stereocenters. The van der Waals surface area contributed by atoms with E-state index < -0.39 is 60.7 Å². The highest BCUT2D eigenvalue weighted by Crippen LogP contribution is 2.51. The summed E-state index contributed by atoms with van der Waals surface area (Å²) in [4.78, 5) is 84.7. The summed E-state index contributed by atoms with van der Waals surface area (Å²) in [6.45, 7) is 2.68. The molecule has 0 aromatic heterocycles. The zero-order valence-electron chi connectivity index (χ0n) is 38.8. The molecule has 0 bridgehead atoms. The average Bonchev–Trinajstić information content (AvgIpc) is 3.58. The van der Waals surface area contributed by atoms with Gasteiger partial charge in [-0.15, -0.1) is 16.2 Å². The molecule has 2 amide bonds. The van der Waals surface area contributed by atoms with Crippen LogP contribution in [-0.2, 0) is 62.4 Å². The molecule has 1 aliphatic carbocycles. The van der Waals surface area contributed by atoms with E-state index in [4.69, 9.17) is 47.6 Å². The van der Waals surface area contributed by atoms with Gasteiger partial charge in [0.1, 0.15) is 13.2 Å². The van der Waals surface area contributed by atoms with E-state index in [2.05, 4.69) is 10.7 Å². The van der Waals surface area contributed by atoms with Crippen LogP contribution in [0.1, 0.15) is 55.5 Å². The van der Waals surface area contributed by atoms with E-state index in [1.165, 1.54) is 39.2 Å². The molecule has 6 rings (SSSR count). The third-order valence-corrected chi connectivity index (χ3v) is 12.1. The lowest BCUT2D eigenvalue weighted by Crippen LogP contribution is -2.62. The molecule has 21 heteroatoms. The first-order chi connectivity index (χ1) is 33.2. The number of benzene rings is 3. The molecule has 1 saturated heterocycles. The molecule has 4 aromatic carbocycles. The molecule has 0 saturated carbocycles. The van der Waals surface area contributed by atoms with Gasteiger partial charge < -0.3 is 47.9 Å². The largest absolute Gasteiger partial charge is 0.493 e. The Labute approximate surface area is 406 Å². The van der Waals surface area contributed by atoms with Gasteiger partial charge in [0.2, 0.25) is 5.75 Å². The van der Waals surface area contributed by atoms with Crippen LogP contribution in [-0.4, -0.2) is 98.4 Å². The van der Waals surface area contributed by atoms with Gasteiger partial charge in [-0.3, -0.25) is 24.2 Å². The number of aryl methyl sites for hydroxylation is 1. The van der Waals surface area contributed by atoms with Crippen molar-refractivity contribution in [3.8, 4) is 28.4 Å². The van der Waals surface area contributed by atoms with Crippen LogP contribution in [0.3, 0.4) is 0 Å². The number of esters is 3. The van der Waals surface area contributed by atoms with Crippen molar-refractivity contribution in [2.75, 3.05) is 34.2 Å². The lowest BCUT2D eigenvalue weighted by atomic mass is 9.95. The summed E-state index contributed by atoms with van der Waals surface area (Å²) in [5, 5.41) is 2.93. The van der Waals surface area contributed by atoms with Gasteiger partial charge in [-0.05, 0) is 65.1 Å². The first-order valence-corrected chi connectivity index (χ1v) is 23.4. The number of hydrogen-bond donors (Lipinski definition) is 2. The number of carbonyl (C=O) groups is 5. The Morgan fingerprint density at radius 3 is 1.99 bits per heavy atom. The van der Waals surface area contributed by atoms with Gasteiger partial charge in [0.15, 0.2) is 46.6 Å². The third kappa shape index (κ3) is 13.4. The molecule has 1 heterocycles. The number of amidine groups is 1. The number of nitrogens with one attached hydrogen (secondary N) is 2. The maximum atomic E-state index is 14.2. The molecule has 19 nitrogen and oxygen atoms in total. The first kappa shape index (κ1) is 51.4. The molecule has 4 aromatic rings. The van der Waals surface area contributed by atoms with Gasteiger partial charge in [-0.25, -0.2) is 15.0 Å². The van der Waals surface area contributed by atoms with Crippen LogP contribution in [0.2, 0.25) is 0 Å². The smallest absolute Gasteiger partial charge is 0.440 e. The van der Waals surface area contributed by atoms with Crippen molar-refractivity contribution in [3.05, 3.63) is 117 Å². The molecule has 2 N–H and O–H groups in total. The van der Waals surface area contributed by atoms with Gasteiger partial charge in [0.05, 0.1) is 50.8 Å². The number of amides is 2. The van der Waals surface area contributed by atoms with Crippen molar-refractivity contribution < 1.29 is 66.6 Å². The number of carbonyl (C=O) groups excluding carboxylic acids is 5. The molecule has 5 atom stereocenters. The maximum absolute atomic E-state index is 14.2. The molecule has 366 valence electrons. The molecule has 1 aliphatic heterocycles. The number of rotatable bonds is 13. The fourth-order valence-corrected chi connectivity index (χ4v) is 8.83. The molecule has 1 fully saturated rings. The zero-order chi connectivity index (χ0) is 49.6. The van der Waals surface area contributed by atoms with E-state index in [1.807, 2.05) is 6.07 Å². The van der Waals surface area contributed by atoms with Gasteiger partial charge >= 0.3 is 30.1 Å². The Bertz CT molecular complexity index is 2590. The van der Waals surface area contributed by atoms with E-state index in [0.29, 0.717) is 68.3 Å². The summed E-state index contributed by atoms with van der Waals surface area (Å²) in [6, 6.07) is 23.6. The Kier molecular flexibility index (Phi) is 18.1. The molecular formula is C48H52N4O15S2. The normalized spacial score (nSPS) is 18.4. The monoisotopic (exact) mass is 988 g/mol. The van der Waals surface area contributed by atoms with Crippen molar-refractivity contribution in [2.24, 2.45) is 4.99 Å². The standard InChI is InChI=1S/C48H52N4O15S2/c1-27(53)65-38-26-62-45(44(67-29(3)55)42(38)66-28(2)54)50-46(69-52(48(58)64-25-31-16-12-9-13-17-31)51-47(57)63-24-30-14-10-8-11-15-30)49-35-20-18-32-22-37(59-4)41(60-5)43(61-6)40(32)33-19-21-39(68-7)36(56)23-34(33)35/h8-17,19,21-23,35,38,42,44-45H,18,20,24-26H2,1-7H3,(H,49,50)(H,51,57)/t35-,38+,42+,44-,45-/m1/s1. The highest BCUT2D eigenvalue weighted by Gasteiger charge is 2.48. The Morgan fingerprint density at radius 2 is 1.39 bits per heavy atom. The van der Waals surface area contributed by atoms with E-state index in [1.54, 1.807) is 79.1 Å². The summed E-state index contributed by atoms with van der Waals surface area (Å²) in [5.74, 6) is -1.26. The van der Waals surface area contributed by atoms with E-state index in [9.17, 15) is 28.8 Å². The number of thioether (sulfide) groups is 1. The molecule has 2 aliphatic rings. The molecule has 0 spiro atoms. The minimum Gasteiger partial charge on any atom is -0.493 e.